The molecule has 1 saturated heterocycles. The van der Waals surface area contributed by atoms with E-state index in [1.807, 2.05) is 36.4 Å². The van der Waals surface area contributed by atoms with Crippen LogP contribution in [0.3, 0.4) is 0 Å². The first kappa shape index (κ1) is 22.1. The number of carbonyl (C=O) groups excluding carboxylic acids is 1. The van der Waals surface area contributed by atoms with Crippen LogP contribution in [0, 0.1) is 0 Å². The molecular formula is C26H31N3O3. The molecule has 1 aliphatic heterocycles. The Balaban J connectivity index is 1.51. The summed E-state index contributed by atoms with van der Waals surface area (Å²) >= 11 is 0. The van der Waals surface area contributed by atoms with Crippen molar-refractivity contribution in [3.8, 4) is 5.75 Å². The van der Waals surface area contributed by atoms with Crippen molar-refractivity contribution < 1.29 is 9.53 Å². The largest absolute Gasteiger partial charge is 0.497 e. The molecule has 1 N–H and O–H groups in total. The third-order valence-electron chi connectivity index (χ3n) is 6.44. The molecule has 0 saturated carbocycles. The van der Waals surface area contributed by atoms with Gasteiger partial charge in [-0.05, 0) is 68.1 Å². The second-order valence-corrected chi connectivity index (χ2v) is 8.42. The minimum Gasteiger partial charge on any atom is -0.497 e. The number of fused-ring (bicyclic) bond motifs is 1. The van der Waals surface area contributed by atoms with Crippen LogP contribution >= 0.6 is 0 Å². The highest BCUT2D eigenvalue weighted by Crippen LogP contribution is 2.26. The van der Waals surface area contributed by atoms with Crippen LogP contribution in [0.15, 0.2) is 65.6 Å². The Morgan fingerprint density at radius 1 is 1.03 bits per heavy atom. The average Bonchev–Trinajstić information content (AvgIpc) is 2.85. The number of carbonyl (C=O) groups is 1. The summed E-state index contributed by atoms with van der Waals surface area (Å²) in [4.78, 5) is 28.4. The normalized spacial score (nSPS) is 16.4. The molecule has 1 aromatic heterocycles. The molecule has 2 heterocycles. The highest BCUT2D eigenvalue weighted by atomic mass is 16.5. The molecule has 168 valence electrons. The van der Waals surface area contributed by atoms with Crippen LogP contribution in [0.5, 0.6) is 5.75 Å². The topological polar surface area (TPSA) is 63.6 Å². The van der Waals surface area contributed by atoms with Crippen molar-refractivity contribution in [3.05, 3.63) is 76.7 Å². The molecule has 4 rings (SSSR count). The van der Waals surface area contributed by atoms with Gasteiger partial charge in [-0.1, -0.05) is 36.8 Å². The third-order valence-corrected chi connectivity index (χ3v) is 6.44. The molecule has 6 nitrogen and oxygen atoms in total. The summed E-state index contributed by atoms with van der Waals surface area (Å²) in [5.41, 5.74) is 1.01. The zero-order chi connectivity index (χ0) is 22.5. The molecule has 0 unspecified atom stereocenters. The van der Waals surface area contributed by atoms with Gasteiger partial charge >= 0.3 is 0 Å². The van der Waals surface area contributed by atoms with Gasteiger partial charge < -0.3 is 14.6 Å². The fraction of sp³-hybridized carbons (Fsp3) is 0.385. The van der Waals surface area contributed by atoms with Crippen LogP contribution in [0.4, 0.5) is 0 Å². The van der Waals surface area contributed by atoms with Gasteiger partial charge in [-0.15, -0.1) is 0 Å². The van der Waals surface area contributed by atoms with Gasteiger partial charge in [0.15, 0.2) is 0 Å². The Morgan fingerprint density at radius 3 is 2.47 bits per heavy atom. The number of hydrogen-bond acceptors (Lipinski definition) is 4. The number of nitrogens with one attached hydrogen (secondary N) is 1. The number of methoxy groups -OCH3 is 1. The predicted octanol–water partition coefficient (Wildman–Crippen LogP) is 3.91. The summed E-state index contributed by atoms with van der Waals surface area (Å²) in [6, 6.07) is 16.9. The molecule has 0 radical (unpaired) electrons. The summed E-state index contributed by atoms with van der Waals surface area (Å²) in [7, 11) is 1.66. The van der Waals surface area contributed by atoms with Gasteiger partial charge in [0, 0.05) is 18.1 Å². The number of piperidine rings is 1. The van der Waals surface area contributed by atoms with E-state index in [0.29, 0.717) is 11.9 Å². The number of pyridine rings is 1. The van der Waals surface area contributed by atoms with E-state index in [4.69, 9.17) is 4.74 Å². The first-order chi connectivity index (χ1) is 15.6. The van der Waals surface area contributed by atoms with Crippen molar-refractivity contribution in [1.82, 2.24) is 14.8 Å². The number of nitrogens with zero attached hydrogens (tertiary/aromatic N) is 2. The van der Waals surface area contributed by atoms with E-state index < -0.39 is 6.04 Å². The van der Waals surface area contributed by atoms with Gasteiger partial charge in [-0.25, -0.2) is 0 Å². The Bertz CT molecular complexity index is 1120. The van der Waals surface area contributed by atoms with Gasteiger partial charge in [-0.3, -0.25) is 14.5 Å². The van der Waals surface area contributed by atoms with E-state index in [2.05, 4.69) is 22.3 Å². The van der Waals surface area contributed by atoms with Crippen molar-refractivity contribution in [2.75, 3.05) is 26.7 Å². The fourth-order valence-electron chi connectivity index (χ4n) is 4.49. The standard InChI is InChI=1S/C26H31N3O3/c1-19(29-17-14-20-8-4-5-9-23(20)26(29)31)25(30)27-18-24(28-15-6-3-7-16-28)21-10-12-22(32-2)13-11-21/h4-5,8-14,17,19,24H,3,6-7,15-16,18H2,1-2H3,(H,27,30)/t19-,24+/m0/s1. The SMILES string of the molecule is COc1ccc([C@@H](CNC(=O)[C@H](C)n2ccc3ccccc3c2=O)N2CCCCC2)cc1. The summed E-state index contributed by atoms with van der Waals surface area (Å²) in [6.07, 6.45) is 5.30. The zero-order valence-electron chi connectivity index (χ0n) is 18.8. The Hall–Kier alpha value is -3.12. The van der Waals surface area contributed by atoms with Crippen molar-refractivity contribution in [2.45, 2.75) is 38.3 Å². The van der Waals surface area contributed by atoms with Gasteiger partial charge in [-0.2, -0.15) is 0 Å². The van der Waals surface area contributed by atoms with Crippen LogP contribution in [-0.2, 0) is 4.79 Å². The Labute approximate surface area is 188 Å². The van der Waals surface area contributed by atoms with Gasteiger partial charge in [0.25, 0.3) is 5.56 Å². The molecule has 0 bridgehead atoms. The second kappa shape index (κ2) is 10.0. The van der Waals surface area contributed by atoms with Crippen LogP contribution in [-0.4, -0.2) is 42.1 Å². The van der Waals surface area contributed by atoms with Crippen molar-refractivity contribution >= 4 is 16.7 Å². The summed E-state index contributed by atoms with van der Waals surface area (Å²) in [5.74, 6) is 0.664. The van der Waals surface area contributed by atoms with Gasteiger partial charge in [0.2, 0.25) is 5.91 Å². The number of benzene rings is 2. The maximum absolute atomic E-state index is 13.0. The lowest BCUT2D eigenvalue weighted by Crippen LogP contribution is -2.43. The highest BCUT2D eigenvalue weighted by Gasteiger charge is 2.24. The number of rotatable bonds is 7. The Kier molecular flexibility index (Phi) is 6.90. The predicted molar refractivity (Wildman–Crippen MR) is 127 cm³/mol. The molecule has 0 aliphatic carbocycles. The second-order valence-electron chi connectivity index (χ2n) is 8.42. The Morgan fingerprint density at radius 2 is 1.75 bits per heavy atom. The van der Waals surface area contributed by atoms with Crippen LogP contribution in [0.1, 0.15) is 43.8 Å². The maximum atomic E-state index is 13.0. The van der Waals surface area contributed by atoms with Crippen LogP contribution in [0.2, 0.25) is 0 Å². The lowest BCUT2D eigenvalue weighted by molar-refractivity contribution is -0.124. The van der Waals surface area contributed by atoms with Gasteiger partial charge in [0.05, 0.1) is 13.2 Å². The van der Waals surface area contributed by atoms with E-state index in [0.717, 1.165) is 29.8 Å². The molecule has 1 fully saturated rings. The quantitative estimate of drug-likeness (QED) is 0.614. The van der Waals surface area contributed by atoms with Gasteiger partial charge in [0.1, 0.15) is 11.8 Å². The van der Waals surface area contributed by atoms with Crippen LogP contribution in [0.25, 0.3) is 10.8 Å². The lowest BCUT2D eigenvalue weighted by Gasteiger charge is -2.35. The summed E-state index contributed by atoms with van der Waals surface area (Å²) < 4.78 is 6.81. The molecule has 3 aromatic rings. The van der Waals surface area contributed by atoms with Crippen molar-refractivity contribution in [2.24, 2.45) is 0 Å². The van der Waals surface area contributed by atoms with E-state index in [9.17, 15) is 9.59 Å². The molecular weight excluding hydrogens is 402 g/mol. The monoisotopic (exact) mass is 433 g/mol. The molecule has 1 aliphatic rings. The van der Waals surface area contributed by atoms with E-state index in [1.165, 1.54) is 23.8 Å². The number of hydrogen-bond donors (Lipinski definition) is 1. The van der Waals surface area contributed by atoms with Crippen LogP contribution < -0.4 is 15.6 Å². The molecule has 32 heavy (non-hydrogen) atoms. The van der Waals surface area contributed by atoms with E-state index >= 15 is 0 Å². The van der Waals surface area contributed by atoms with E-state index in [1.54, 1.807) is 26.3 Å². The molecule has 0 spiro atoms. The first-order valence-electron chi connectivity index (χ1n) is 11.3. The summed E-state index contributed by atoms with van der Waals surface area (Å²) in [6.45, 7) is 4.31. The highest BCUT2D eigenvalue weighted by molar-refractivity contribution is 5.83. The fourth-order valence-corrected chi connectivity index (χ4v) is 4.49. The molecule has 6 heteroatoms. The number of ether oxygens (including phenoxy) is 1. The van der Waals surface area contributed by atoms with Crippen molar-refractivity contribution in [1.29, 1.82) is 0 Å². The minimum atomic E-state index is -0.593. The lowest BCUT2D eigenvalue weighted by atomic mass is 10.0. The maximum Gasteiger partial charge on any atom is 0.259 e. The number of aromatic nitrogens is 1. The minimum absolute atomic E-state index is 0.0886. The van der Waals surface area contributed by atoms with Crippen molar-refractivity contribution in [3.63, 3.8) is 0 Å². The number of amides is 1. The number of likely N-dealkylation sites (tertiary alicyclic amines) is 1. The third kappa shape index (κ3) is 4.70. The molecule has 2 atom stereocenters. The average molecular weight is 434 g/mol. The first-order valence-corrected chi connectivity index (χ1v) is 11.3. The van der Waals surface area contributed by atoms with E-state index in [-0.39, 0.29) is 17.5 Å². The smallest absolute Gasteiger partial charge is 0.259 e. The summed E-state index contributed by atoms with van der Waals surface area (Å²) in [5, 5.41) is 4.61. The molecule has 2 aromatic carbocycles. The molecule has 1 amide bonds. The zero-order valence-corrected chi connectivity index (χ0v) is 18.8.